The average Bonchev–Trinajstić information content (AvgIpc) is 2.69. The molecule has 2 heterocycles. The highest BCUT2D eigenvalue weighted by atomic mass is 32.2. The van der Waals surface area contributed by atoms with Gasteiger partial charge in [0.2, 0.25) is 5.91 Å². The van der Waals surface area contributed by atoms with E-state index in [1.807, 2.05) is 13.8 Å². The highest BCUT2D eigenvalue weighted by molar-refractivity contribution is 7.87. The summed E-state index contributed by atoms with van der Waals surface area (Å²) in [4.78, 5) is 22.9. The van der Waals surface area contributed by atoms with Gasteiger partial charge >= 0.3 is 0 Å². The van der Waals surface area contributed by atoms with Crippen LogP contribution in [0.25, 0.3) is 0 Å². The summed E-state index contributed by atoms with van der Waals surface area (Å²) in [6, 6.07) is 4.23. The Kier molecular flexibility index (Phi) is 2.98. The zero-order valence-electron chi connectivity index (χ0n) is 11.6. The third-order valence-corrected chi connectivity index (χ3v) is 6.27. The summed E-state index contributed by atoms with van der Waals surface area (Å²) in [7, 11) is -1.43. The molecule has 2 aliphatic heterocycles. The zero-order chi connectivity index (χ0) is 15.4. The number of nitro benzene ring substituents is 1. The average molecular weight is 306 g/mol. The van der Waals surface area contributed by atoms with Crippen LogP contribution in [-0.2, 0) is 20.3 Å². The van der Waals surface area contributed by atoms with E-state index in [1.165, 1.54) is 18.2 Å². The molecule has 0 aromatic heterocycles. The number of amides is 1. The fraction of sp³-hybridized carbons (Fsp3) is 0.357. The van der Waals surface area contributed by atoms with Gasteiger partial charge in [0, 0.05) is 39.9 Å². The van der Waals surface area contributed by atoms with Crippen molar-refractivity contribution in [1.29, 1.82) is 0 Å². The molecule has 1 aromatic carbocycles. The molecular weight excluding hydrogens is 292 g/mol. The molecular formula is C14H14N2O4S. The van der Waals surface area contributed by atoms with E-state index >= 15 is 0 Å². The van der Waals surface area contributed by atoms with Crippen molar-refractivity contribution in [3.05, 3.63) is 45.0 Å². The van der Waals surface area contributed by atoms with E-state index in [0.29, 0.717) is 23.4 Å². The molecule has 110 valence electrons. The smallest absolute Gasteiger partial charge is 0.269 e. The minimum absolute atomic E-state index is 0.0921. The van der Waals surface area contributed by atoms with Crippen LogP contribution in [-0.4, -0.2) is 20.8 Å². The first-order valence-electron chi connectivity index (χ1n) is 6.50. The summed E-state index contributed by atoms with van der Waals surface area (Å²) in [5.74, 6) is -0.00957. The first kappa shape index (κ1) is 13.9. The first-order valence-corrected chi connectivity index (χ1v) is 7.82. The van der Waals surface area contributed by atoms with E-state index in [1.54, 1.807) is 0 Å². The van der Waals surface area contributed by atoms with Gasteiger partial charge < -0.3 is 5.32 Å². The van der Waals surface area contributed by atoms with Crippen LogP contribution in [0.1, 0.15) is 25.8 Å². The van der Waals surface area contributed by atoms with Crippen LogP contribution in [0.15, 0.2) is 29.3 Å². The van der Waals surface area contributed by atoms with Crippen molar-refractivity contribution in [2.45, 2.75) is 25.0 Å². The number of hydrogen-bond acceptors (Lipinski definition) is 4. The Hall–Kier alpha value is -2.02. The number of fused-ring (bicyclic) bond motifs is 2. The second kappa shape index (κ2) is 4.49. The van der Waals surface area contributed by atoms with Crippen LogP contribution in [0.3, 0.4) is 0 Å². The van der Waals surface area contributed by atoms with Crippen molar-refractivity contribution in [3.8, 4) is 0 Å². The maximum Gasteiger partial charge on any atom is 0.269 e. The monoisotopic (exact) mass is 306 g/mol. The summed E-state index contributed by atoms with van der Waals surface area (Å²) in [6.07, 6.45) is 0.339. The SMILES string of the molecule is CC1=C(C)CC2(C(=O)Nc3ccc([N+](=O)[O-])cc32)S(=O)C1. The third-order valence-electron chi connectivity index (χ3n) is 4.24. The Bertz CT molecular complexity index is 740. The second-order valence-corrected chi connectivity index (χ2v) is 7.17. The van der Waals surface area contributed by atoms with Gasteiger partial charge in [0.1, 0.15) is 0 Å². The molecule has 3 rings (SSSR count). The van der Waals surface area contributed by atoms with Crippen molar-refractivity contribution in [2.24, 2.45) is 0 Å². The molecule has 6 nitrogen and oxygen atoms in total. The van der Waals surface area contributed by atoms with Crippen molar-refractivity contribution in [3.63, 3.8) is 0 Å². The Balaban J connectivity index is 2.22. The van der Waals surface area contributed by atoms with E-state index in [0.717, 1.165) is 11.1 Å². The summed E-state index contributed by atoms with van der Waals surface area (Å²) in [5, 5.41) is 13.7. The minimum Gasteiger partial charge on any atom is -0.324 e. The molecule has 0 saturated carbocycles. The second-order valence-electron chi connectivity index (χ2n) is 5.50. The molecule has 0 radical (unpaired) electrons. The molecule has 7 heteroatoms. The van der Waals surface area contributed by atoms with Gasteiger partial charge in [-0.25, -0.2) is 0 Å². The van der Waals surface area contributed by atoms with Crippen molar-refractivity contribution >= 4 is 28.1 Å². The largest absolute Gasteiger partial charge is 0.324 e. The van der Waals surface area contributed by atoms with Crippen molar-refractivity contribution in [2.75, 3.05) is 11.1 Å². The van der Waals surface area contributed by atoms with Gasteiger partial charge in [0.25, 0.3) is 5.69 Å². The summed E-state index contributed by atoms with van der Waals surface area (Å²) < 4.78 is 11.5. The maximum atomic E-state index is 12.7. The lowest BCUT2D eigenvalue weighted by molar-refractivity contribution is -0.384. The van der Waals surface area contributed by atoms with E-state index in [4.69, 9.17) is 0 Å². The van der Waals surface area contributed by atoms with Crippen molar-refractivity contribution in [1.82, 2.24) is 0 Å². The van der Waals surface area contributed by atoms with Crippen LogP contribution in [0.4, 0.5) is 11.4 Å². The summed E-state index contributed by atoms with van der Waals surface area (Å²) in [6.45, 7) is 3.82. The van der Waals surface area contributed by atoms with E-state index in [2.05, 4.69) is 5.32 Å². The minimum atomic E-state index is -1.43. The fourth-order valence-corrected chi connectivity index (χ4v) is 4.82. The molecule has 2 unspecified atom stereocenters. The van der Waals surface area contributed by atoms with E-state index in [9.17, 15) is 19.1 Å². The maximum absolute atomic E-state index is 12.7. The Morgan fingerprint density at radius 3 is 2.71 bits per heavy atom. The lowest BCUT2D eigenvalue weighted by Crippen LogP contribution is -2.42. The van der Waals surface area contributed by atoms with Gasteiger partial charge in [-0.3, -0.25) is 19.1 Å². The number of carbonyl (C=O) groups is 1. The lowest BCUT2D eigenvalue weighted by Gasteiger charge is -2.32. The third kappa shape index (κ3) is 1.84. The number of hydrogen-bond donors (Lipinski definition) is 1. The number of allylic oxidation sites excluding steroid dienone is 1. The topological polar surface area (TPSA) is 89.3 Å². The van der Waals surface area contributed by atoms with Crippen LogP contribution in [0.5, 0.6) is 0 Å². The molecule has 1 N–H and O–H groups in total. The Morgan fingerprint density at radius 1 is 1.33 bits per heavy atom. The molecule has 1 aromatic rings. The number of rotatable bonds is 1. The number of non-ortho nitro benzene ring substituents is 1. The number of anilines is 1. The number of carbonyl (C=O) groups excluding carboxylic acids is 1. The Morgan fingerprint density at radius 2 is 2.05 bits per heavy atom. The number of benzene rings is 1. The lowest BCUT2D eigenvalue weighted by atomic mass is 9.90. The molecule has 0 bridgehead atoms. The molecule has 1 spiro atoms. The number of nitrogens with one attached hydrogen (secondary N) is 1. The van der Waals surface area contributed by atoms with Crippen LogP contribution in [0.2, 0.25) is 0 Å². The molecule has 2 atom stereocenters. The highest BCUT2D eigenvalue weighted by Gasteiger charge is 2.53. The van der Waals surface area contributed by atoms with Gasteiger partial charge in [0.05, 0.1) is 4.92 Å². The summed E-state index contributed by atoms with van der Waals surface area (Å²) in [5.41, 5.74) is 2.94. The molecule has 0 saturated heterocycles. The Labute approximate surface area is 123 Å². The van der Waals surface area contributed by atoms with Crippen LogP contribution >= 0.6 is 0 Å². The molecule has 1 amide bonds. The molecule has 2 aliphatic rings. The molecule has 0 fully saturated rings. The zero-order valence-corrected chi connectivity index (χ0v) is 12.5. The van der Waals surface area contributed by atoms with Gasteiger partial charge in [-0.1, -0.05) is 11.1 Å². The van der Waals surface area contributed by atoms with Gasteiger partial charge in [-0.05, 0) is 26.3 Å². The predicted octanol–water partition coefficient (Wildman–Crippen LogP) is 2.23. The van der Waals surface area contributed by atoms with Gasteiger partial charge in [-0.2, -0.15) is 0 Å². The quantitative estimate of drug-likeness (QED) is 0.489. The number of nitro groups is 1. The standard InChI is InChI=1S/C14H14N2O4S/c1-8-6-14(21(20)7-9(8)2)11-5-10(16(18)19)3-4-12(11)15-13(14)17/h3-5H,6-7H2,1-2H3,(H,15,17). The first-order chi connectivity index (χ1) is 9.86. The normalized spacial score (nSPS) is 27.7. The fourth-order valence-electron chi connectivity index (χ4n) is 2.88. The van der Waals surface area contributed by atoms with Gasteiger partial charge in [-0.15, -0.1) is 0 Å². The van der Waals surface area contributed by atoms with Crippen LogP contribution < -0.4 is 5.32 Å². The molecule has 21 heavy (non-hydrogen) atoms. The summed E-state index contributed by atoms with van der Waals surface area (Å²) >= 11 is 0. The van der Waals surface area contributed by atoms with E-state index < -0.39 is 20.5 Å². The van der Waals surface area contributed by atoms with E-state index in [-0.39, 0.29) is 11.6 Å². The van der Waals surface area contributed by atoms with Crippen molar-refractivity contribution < 1.29 is 13.9 Å². The highest BCUT2D eigenvalue weighted by Crippen LogP contribution is 2.48. The van der Waals surface area contributed by atoms with Crippen LogP contribution in [0, 0.1) is 10.1 Å². The predicted molar refractivity (Wildman–Crippen MR) is 79.4 cm³/mol. The number of nitrogens with zero attached hydrogens (tertiary/aromatic N) is 1. The molecule has 0 aliphatic carbocycles. The van der Waals surface area contributed by atoms with Gasteiger partial charge in [0.15, 0.2) is 4.75 Å².